The molecule has 1 aliphatic carbocycles. The number of unbranched alkanes of at least 4 members (excludes halogenated alkanes) is 6. The minimum absolute atomic E-state index is 0.000579. The summed E-state index contributed by atoms with van der Waals surface area (Å²) in [5.74, 6) is 6.56. The van der Waals surface area contributed by atoms with E-state index in [1.807, 2.05) is 25.1 Å². The van der Waals surface area contributed by atoms with E-state index in [1.165, 1.54) is 39.2 Å². The van der Waals surface area contributed by atoms with Gasteiger partial charge in [0.1, 0.15) is 0 Å². The number of rotatable bonds is 9. The number of fused-ring (bicyclic) bond motifs is 1. The van der Waals surface area contributed by atoms with Crippen LogP contribution in [-0.2, 0) is 14.3 Å². The van der Waals surface area contributed by atoms with E-state index in [0.717, 1.165) is 43.2 Å². The first kappa shape index (κ1) is 26.1. The number of esters is 1. The molecule has 0 radical (unpaired) electrons. The van der Waals surface area contributed by atoms with Gasteiger partial charge in [0.2, 0.25) is 0 Å². The average Bonchev–Trinajstić information content (AvgIpc) is 3.27. The van der Waals surface area contributed by atoms with Crippen LogP contribution < -0.4 is 0 Å². The lowest BCUT2D eigenvalue weighted by Crippen LogP contribution is -2.51. The number of nitrogens with zero attached hydrogens (tertiary/aromatic N) is 1. The van der Waals surface area contributed by atoms with Gasteiger partial charge in [-0.25, -0.2) is 4.79 Å². The van der Waals surface area contributed by atoms with Crippen LogP contribution in [0.5, 0.6) is 0 Å². The van der Waals surface area contributed by atoms with Crippen LogP contribution in [0.2, 0.25) is 0 Å². The van der Waals surface area contributed by atoms with E-state index in [4.69, 9.17) is 9.47 Å². The zero-order valence-corrected chi connectivity index (χ0v) is 21.2. The lowest BCUT2D eigenvalue weighted by atomic mass is 9.72. The topological polar surface area (TPSA) is 55.8 Å². The Labute approximate surface area is 205 Å². The number of benzene rings is 1. The van der Waals surface area contributed by atoms with E-state index >= 15 is 0 Å². The summed E-state index contributed by atoms with van der Waals surface area (Å²) in [6, 6.07) is 8.09. The molecule has 1 amide bonds. The van der Waals surface area contributed by atoms with Crippen molar-refractivity contribution in [2.24, 2.45) is 5.92 Å². The Kier molecular flexibility index (Phi) is 9.86. The second-order valence-corrected chi connectivity index (χ2v) is 9.87. The Bertz CT molecular complexity index is 886. The number of likely N-dealkylation sites (tertiary alicyclic amines) is 1. The number of carbonyl (C=O) groups excluding carboxylic acids is 2. The SMILES string of the molecule is CCCCCCCCCC(=O)O[C@@]1(C#Cc2cccc(C)c2)CCC[C@@H]2[C@H]1CCN2C(=O)OC. The summed E-state index contributed by atoms with van der Waals surface area (Å²) in [4.78, 5) is 27.1. The summed E-state index contributed by atoms with van der Waals surface area (Å²) in [6.45, 7) is 4.88. The molecule has 1 aromatic carbocycles. The van der Waals surface area contributed by atoms with Gasteiger partial charge in [-0.05, 0) is 62.6 Å². The van der Waals surface area contributed by atoms with Crippen LogP contribution in [0.15, 0.2) is 24.3 Å². The number of aryl methyl sites for hydroxylation is 1. The van der Waals surface area contributed by atoms with Crippen molar-refractivity contribution in [1.29, 1.82) is 0 Å². The first-order chi connectivity index (χ1) is 16.5. The van der Waals surface area contributed by atoms with Crippen LogP contribution in [-0.4, -0.2) is 42.3 Å². The third-order valence-corrected chi connectivity index (χ3v) is 7.32. The fraction of sp³-hybridized carbons (Fsp3) is 0.655. The number of hydrogen-bond acceptors (Lipinski definition) is 4. The summed E-state index contributed by atoms with van der Waals surface area (Å²) < 4.78 is 11.3. The Hall–Kier alpha value is -2.48. The molecule has 3 atom stereocenters. The van der Waals surface area contributed by atoms with E-state index in [2.05, 4.69) is 24.8 Å². The Morgan fingerprint density at radius 3 is 2.62 bits per heavy atom. The number of carbonyl (C=O) groups is 2. The maximum atomic E-state index is 13.0. The molecule has 5 heteroatoms. The fourth-order valence-electron chi connectivity index (χ4n) is 5.55. The third-order valence-electron chi connectivity index (χ3n) is 7.32. The molecule has 0 aromatic heterocycles. The van der Waals surface area contributed by atoms with Gasteiger partial charge in [0.25, 0.3) is 0 Å². The highest BCUT2D eigenvalue weighted by atomic mass is 16.6. The van der Waals surface area contributed by atoms with E-state index < -0.39 is 5.60 Å². The molecular formula is C29H41NO4. The lowest BCUT2D eigenvalue weighted by molar-refractivity contribution is -0.162. The zero-order valence-electron chi connectivity index (χ0n) is 21.2. The third kappa shape index (κ3) is 6.78. The summed E-state index contributed by atoms with van der Waals surface area (Å²) in [5, 5.41) is 0. The predicted molar refractivity (Wildman–Crippen MR) is 134 cm³/mol. The molecule has 1 aromatic rings. The lowest BCUT2D eigenvalue weighted by Gasteiger charge is -2.42. The smallest absolute Gasteiger partial charge is 0.409 e. The van der Waals surface area contributed by atoms with Crippen LogP contribution >= 0.6 is 0 Å². The quantitative estimate of drug-likeness (QED) is 0.239. The molecule has 1 aliphatic heterocycles. The molecule has 1 heterocycles. The van der Waals surface area contributed by atoms with Gasteiger partial charge in [0, 0.05) is 30.5 Å². The van der Waals surface area contributed by atoms with Gasteiger partial charge >= 0.3 is 12.1 Å². The molecule has 1 saturated carbocycles. The second kappa shape index (κ2) is 12.8. The van der Waals surface area contributed by atoms with Crippen molar-refractivity contribution in [3.8, 4) is 11.8 Å². The maximum absolute atomic E-state index is 13.0. The van der Waals surface area contributed by atoms with Crippen molar-refractivity contribution in [2.75, 3.05) is 13.7 Å². The van der Waals surface area contributed by atoms with Crippen molar-refractivity contribution >= 4 is 12.1 Å². The Morgan fingerprint density at radius 1 is 1.12 bits per heavy atom. The molecule has 2 aliphatic rings. The average molecular weight is 468 g/mol. The van der Waals surface area contributed by atoms with E-state index in [1.54, 1.807) is 4.90 Å². The van der Waals surface area contributed by atoms with Gasteiger partial charge in [-0.3, -0.25) is 4.79 Å². The molecule has 0 bridgehead atoms. The number of amides is 1. The molecule has 5 nitrogen and oxygen atoms in total. The number of ether oxygens (including phenoxy) is 2. The van der Waals surface area contributed by atoms with Gasteiger partial charge in [-0.2, -0.15) is 0 Å². The molecular weight excluding hydrogens is 426 g/mol. The summed E-state index contributed by atoms with van der Waals surface area (Å²) in [7, 11) is 1.42. The predicted octanol–water partition coefficient (Wildman–Crippen LogP) is 6.41. The van der Waals surface area contributed by atoms with E-state index in [0.29, 0.717) is 19.4 Å². The van der Waals surface area contributed by atoms with E-state index in [9.17, 15) is 9.59 Å². The highest BCUT2D eigenvalue weighted by molar-refractivity contribution is 5.71. The van der Waals surface area contributed by atoms with Gasteiger partial charge in [0.15, 0.2) is 5.60 Å². The van der Waals surface area contributed by atoms with Gasteiger partial charge in [0.05, 0.1) is 7.11 Å². The first-order valence-electron chi connectivity index (χ1n) is 13.2. The fourth-order valence-corrected chi connectivity index (χ4v) is 5.55. The Balaban J connectivity index is 1.73. The summed E-state index contributed by atoms with van der Waals surface area (Å²) in [6.07, 6.45) is 11.5. The highest BCUT2D eigenvalue weighted by Crippen LogP contribution is 2.45. The monoisotopic (exact) mass is 467 g/mol. The van der Waals surface area contributed by atoms with Crippen molar-refractivity contribution in [1.82, 2.24) is 4.90 Å². The van der Waals surface area contributed by atoms with Crippen LogP contribution in [0, 0.1) is 24.7 Å². The van der Waals surface area contributed by atoms with Crippen molar-refractivity contribution in [2.45, 2.75) is 103 Å². The van der Waals surface area contributed by atoms with Crippen LogP contribution in [0.3, 0.4) is 0 Å². The standard InChI is InChI=1S/C29H41NO4/c1-4-5-6-7-8-9-10-16-27(31)34-29(20-17-24-14-11-13-23(2)22-24)19-12-15-26-25(29)18-21-30(26)28(32)33-3/h11,13-14,22,25-26H,4-10,12,15-16,18-19,21H2,1-3H3/t25-,26-,29-/m1/s1. The largest absolute Gasteiger partial charge is 0.453 e. The number of methoxy groups -OCH3 is 1. The maximum Gasteiger partial charge on any atom is 0.409 e. The van der Waals surface area contributed by atoms with Crippen LogP contribution in [0.1, 0.15) is 95.1 Å². The molecule has 2 fully saturated rings. The molecule has 0 N–H and O–H groups in total. The minimum Gasteiger partial charge on any atom is -0.453 e. The summed E-state index contributed by atoms with van der Waals surface area (Å²) >= 11 is 0. The van der Waals surface area contributed by atoms with Crippen molar-refractivity contribution in [3.63, 3.8) is 0 Å². The molecule has 0 unspecified atom stereocenters. The zero-order chi connectivity index (χ0) is 24.4. The van der Waals surface area contributed by atoms with Crippen molar-refractivity contribution in [3.05, 3.63) is 35.4 Å². The van der Waals surface area contributed by atoms with Gasteiger partial charge < -0.3 is 14.4 Å². The molecule has 1 saturated heterocycles. The first-order valence-corrected chi connectivity index (χ1v) is 13.2. The molecule has 34 heavy (non-hydrogen) atoms. The minimum atomic E-state index is -0.854. The Morgan fingerprint density at radius 2 is 1.88 bits per heavy atom. The van der Waals surface area contributed by atoms with Crippen LogP contribution in [0.25, 0.3) is 0 Å². The molecule has 0 spiro atoms. The van der Waals surface area contributed by atoms with Crippen LogP contribution in [0.4, 0.5) is 4.79 Å². The summed E-state index contributed by atoms with van der Waals surface area (Å²) in [5.41, 5.74) is 1.22. The van der Waals surface area contributed by atoms with Crippen molar-refractivity contribution < 1.29 is 19.1 Å². The molecule has 186 valence electrons. The highest BCUT2D eigenvalue weighted by Gasteiger charge is 2.53. The number of hydrogen-bond donors (Lipinski definition) is 0. The second-order valence-electron chi connectivity index (χ2n) is 9.87. The van der Waals surface area contributed by atoms with Gasteiger partial charge in [-0.1, -0.05) is 63.5 Å². The molecule has 3 rings (SSSR count). The van der Waals surface area contributed by atoms with E-state index in [-0.39, 0.29) is 24.0 Å². The normalized spacial score (nSPS) is 23.6. The van der Waals surface area contributed by atoms with Gasteiger partial charge in [-0.15, -0.1) is 0 Å².